The van der Waals surface area contributed by atoms with Gasteiger partial charge in [-0.2, -0.15) is 0 Å². The topological polar surface area (TPSA) is 42.7 Å². The lowest BCUT2D eigenvalue weighted by molar-refractivity contribution is 0.712. The first-order valence-corrected chi connectivity index (χ1v) is 6.38. The molecule has 17 heavy (non-hydrogen) atoms. The Balaban J connectivity index is 2.01. The third kappa shape index (κ3) is 3.64. The van der Waals surface area contributed by atoms with Crippen LogP contribution in [0.25, 0.3) is 0 Å². The van der Waals surface area contributed by atoms with Crippen LogP contribution in [0.2, 0.25) is 0 Å². The van der Waals surface area contributed by atoms with E-state index in [1.165, 1.54) is 0 Å². The molecule has 0 aliphatic rings. The van der Waals surface area contributed by atoms with E-state index in [1.54, 1.807) is 6.20 Å². The number of halogens is 1. The van der Waals surface area contributed by atoms with Crippen molar-refractivity contribution in [3.05, 3.63) is 46.7 Å². The minimum absolute atomic E-state index is 0.797. The Labute approximate surface area is 109 Å². The van der Waals surface area contributed by atoms with Gasteiger partial charge in [0.05, 0.1) is 18.6 Å². The summed E-state index contributed by atoms with van der Waals surface area (Å²) >= 11 is 3.42. The van der Waals surface area contributed by atoms with E-state index in [1.807, 2.05) is 12.5 Å². The van der Waals surface area contributed by atoms with Crippen molar-refractivity contribution in [2.24, 2.45) is 0 Å². The van der Waals surface area contributed by atoms with Crippen LogP contribution in [0.1, 0.15) is 18.2 Å². The van der Waals surface area contributed by atoms with E-state index < -0.39 is 0 Å². The molecular weight excluding hydrogens is 280 g/mol. The smallest absolute Gasteiger partial charge is 0.0953 e. The van der Waals surface area contributed by atoms with Gasteiger partial charge in [0.25, 0.3) is 0 Å². The maximum Gasteiger partial charge on any atom is 0.0953 e. The molecule has 2 heterocycles. The Bertz CT molecular complexity index is 481. The molecular formula is C12H15BrN4. The van der Waals surface area contributed by atoms with Gasteiger partial charge in [0.15, 0.2) is 0 Å². The van der Waals surface area contributed by atoms with Gasteiger partial charge in [-0.3, -0.25) is 4.98 Å². The second-order valence-electron chi connectivity index (χ2n) is 3.83. The van der Waals surface area contributed by atoms with E-state index in [9.17, 15) is 0 Å². The molecule has 0 unspecified atom stereocenters. The highest BCUT2D eigenvalue weighted by molar-refractivity contribution is 9.10. The molecule has 0 aromatic carbocycles. The molecule has 0 radical (unpaired) electrons. The zero-order valence-corrected chi connectivity index (χ0v) is 11.3. The van der Waals surface area contributed by atoms with Crippen molar-refractivity contribution < 1.29 is 0 Å². The molecule has 1 N–H and O–H groups in total. The van der Waals surface area contributed by atoms with E-state index in [0.717, 1.165) is 35.4 Å². The van der Waals surface area contributed by atoms with Crippen LogP contribution in [-0.2, 0) is 13.1 Å². The van der Waals surface area contributed by atoms with E-state index >= 15 is 0 Å². The normalized spacial score (nSPS) is 10.7. The molecule has 0 aliphatic heterocycles. The summed E-state index contributed by atoms with van der Waals surface area (Å²) in [5.41, 5.74) is 2.22. The van der Waals surface area contributed by atoms with Crippen molar-refractivity contribution in [3.63, 3.8) is 0 Å². The number of nitrogens with one attached hydrogen (secondary N) is 1. The molecule has 0 saturated carbocycles. The summed E-state index contributed by atoms with van der Waals surface area (Å²) in [5, 5.41) is 3.26. The van der Waals surface area contributed by atoms with Gasteiger partial charge in [0, 0.05) is 29.6 Å². The van der Waals surface area contributed by atoms with Crippen molar-refractivity contribution in [3.8, 4) is 0 Å². The number of pyridine rings is 1. The summed E-state index contributed by atoms with van der Waals surface area (Å²) in [5.74, 6) is 0. The van der Waals surface area contributed by atoms with Gasteiger partial charge >= 0.3 is 0 Å². The second kappa shape index (κ2) is 5.93. The summed E-state index contributed by atoms with van der Waals surface area (Å²) in [4.78, 5) is 8.48. The summed E-state index contributed by atoms with van der Waals surface area (Å²) in [7, 11) is 0. The minimum atomic E-state index is 0.797. The summed E-state index contributed by atoms with van der Waals surface area (Å²) < 4.78 is 3.07. The van der Waals surface area contributed by atoms with Gasteiger partial charge in [-0.25, -0.2) is 4.98 Å². The first-order chi connectivity index (χ1) is 8.28. The maximum atomic E-state index is 4.34. The molecule has 0 atom stereocenters. The van der Waals surface area contributed by atoms with E-state index in [0.29, 0.717) is 0 Å². The van der Waals surface area contributed by atoms with Gasteiger partial charge in [-0.1, -0.05) is 6.92 Å². The van der Waals surface area contributed by atoms with Crippen molar-refractivity contribution in [2.75, 3.05) is 6.54 Å². The Kier molecular flexibility index (Phi) is 4.28. The van der Waals surface area contributed by atoms with Crippen molar-refractivity contribution in [2.45, 2.75) is 20.0 Å². The van der Waals surface area contributed by atoms with Crippen LogP contribution in [0.5, 0.6) is 0 Å². The SMILES string of the molecule is CCNCc1cn(Cc2cncc(Br)c2)cn1. The predicted octanol–water partition coefficient (Wildman–Crippen LogP) is 2.20. The Morgan fingerprint density at radius 1 is 1.41 bits per heavy atom. The highest BCUT2D eigenvalue weighted by Crippen LogP contribution is 2.11. The van der Waals surface area contributed by atoms with Crippen molar-refractivity contribution >= 4 is 15.9 Å². The maximum absolute atomic E-state index is 4.34. The molecule has 0 aliphatic carbocycles. The number of imidazole rings is 1. The molecule has 4 nitrogen and oxygen atoms in total. The second-order valence-corrected chi connectivity index (χ2v) is 4.74. The fourth-order valence-corrected chi connectivity index (χ4v) is 2.00. The minimum Gasteiger partial charge on any atom is -0.333 e. The highest BCUT2D eigenvalue weighted by Gasteiger charge is 2.00. The lowest BCUT2D eigenvalue weighted by Gasteiger charge is -2.02. The first kappa shape index (κ1) is 12.3. The number of nitrogens with zero attached hydrogens (tertiary/aromatic N) is 3. The number of hydrogen-bond donors (Lipinski definition) is 1. The zero-order valence-electron chi connectivity index (χ0n) is 9.73. The lowest BCUT2D eigenvalue weighted by atomic mass is 10.3. The van der Waals surface area contributed by atoms with Crippen LogP contribution >= 0.6 is 15.9 Å². The van der Waals surface area contributed by atoms with Gasteiger partial charge in [0.1, 0.15) is 0 Å². The fourth-order valence-electron chi connectivity index (χ4n) is 1.59. The zero-order chi connectivity index (χ0) is 12.1. The summed E-state index contributed by atoms with van der Waals surface area (Å²) in [6.07, 6.45) is 7.57. The van der Waals surface area contributed by atoms with Gasteiger partial charge in [-0.05, 0) is 34.1 Å². The molecule has 0 fully saturated rings. The lowest BCUT2D eigenvalue weighted by Crippen LogP contribution is -2.11. The molecule has 2 aromatic rings. The van der Waals surface area contributed by atoms with Gasteiger partial charge < -0.3 is 9.88 Å². The average Bonchev–Trinajstić information content (AvgIpc) is 2.74. The van der Waals surface area contributed by atoms with Crippen LogP contribution in [-0.4, -0.2) is 21.1 Å². The van der Waals surface area contributed by atoms with E-state index in [-0.39, 0.29) is 0 Å². The Morgan fingerprint density at radius 2 is 2.29 bits per heavy atom. The first-order valence-electron chi connectivity index (χ1n) is 5.58. The Morgan fingerprint density at radius 3 is 3.06 bits per heavy atom. The fraction of sp³-hybridized carbons (Fsp3) is 0.333. The Hall–Kier alpha value is -1.20. The third-order valence-corrected chi connectivity index (χ3v) is 2.80. The largest absolute Gasteiger partial charge is 0.333 e. The molecule has 2 aromatic heterocycles. The van der Waals surface area contributed by atoms with Crippen molar-refractivity contribution in [1.29, 1.82) is 0 Å². The van der Waals surface area contributed by atoms with Crippen LogP contribution in [0.15, 0.2) is 35.5 Å². The van der Waals surface area contributed by atoms with Crippen LogP contribution in [0, 0.1) is 0 Å². The molecule has 2 rings (SSSR count). The summed E-state index contributed by atoms with van der Waals surface area (Å²) in [6, 6.07) is 2.07. The van der Waals surface area contributed by atoms with Gasteiger partial charge in [0.2, 0.25) is 0 Å². The standard InChI is InChI=1S/C12H15BrN4/c1-2-14-6-12-8-17(9-16-12)7-10-3-11(13)5-15-4-10/h3-5,8-9,14H,2,6-7H2,1H3. The van der Waals surface area contributed by atoms with Crippen LogP contribution < -0.4 is 5.32 Å². The number of hydrogen-bond acceptors (Lipinski definition) is 3. The molecule has 0 saturated heterocycles. The average molecular weight is 295 g/mol. The highest BCUT2D eigenvalue weighted by atomic mass is 79.9. The quantitative estimate of drug-likeness (QED) is 0.919. The van der Waals surface area contributed by atoms with E-state index in [2.05, 4.69) is 55.0 Å². The monoisotopic (exact) mass is 294 g/mol. The third-order valence-electron chi connectivity index (χ3n) is 2.37. The molecule has 0 amide bonds. The van der Waals surface area contributed by atoms with Gasteiger partial charge in [-0.15, -0.1) is 0 Å². The number of rotatable bonds is 5. The molecule has 0 bridgehead atoms. The van der Waals surface area contributed by atoms with Crippen LogP contribution in [0.3, 0.4) is 0 Å². The number of aromatic nitrogens is 3. The van der Waals surface area contributed by atoms with Crippen LogP contribution in [0.4, 0.5) is 0 Å². The molecule has 90 valence electrons. The van der Waals surface area contributed by atoms with Crippen molar-refractivity contribution in [1.82, 2.24) is 19.9 Å². The predicted molar refractivity (Wildman–Crippen MR) is 70.6 cm³/mol. The summed E-state index contributed by atoms with van der Waals surface area (Å²) in [6.45, 7) is 4.67. The molecule has 0 spiro atoms. The molecule has 5 heteroatoms. The van der Waals surface area contributed by atoms with E-state index in [4.69, 9.17) is 0 Å².